The normalized spacial score (nSPS) is 17.0. The summed E-state index contributed by atoms with van der Waals surface area (Å²) in [6.07, 6.45) is 6.61. The zero-order valence-corrected chi connectivity index (χ0v) is 14.3. The van der Waals surface area contributed by atoms with Crippen LogP contribution in [0.25, 0.3) is 0 Å². The van der Waals surface area contributed by atoms with E-state index in [-0.39, 0.29) is 0 Å². The molecule has 21 heavy (non-hydrogen) atoms. The topological polar surface area (TPSA) is 15.3 Å². The van der Waals surface area contributed by atoms with Crippen LogP contribution in [0.5, 0.6) is 0 Å². The Morgan fingerprint density at radius 1 is 1.19 bits per heavy atom. The molecular weight excluding hydrogens is 256 g/mol. The highest BCUT2D eigenvalue weighted by Crippen LogP contribution is 2.25. The van der Waals surface area contributed by atoms with Gasteiger partial charge in [-0.2, -0.15) is 0 Å². The minimum Gasteiger partial charge on any atom is -0.310 e. The third-order valence-corrected chi connectivity index (χ3v) is 4.76. The molecular formula is C19H32N2. The predicted octanol–water partition coefficient (Wildman–Crippen LogP) is 4.22. The molecule has 2 nitrogen and oxygen atoms in total. The number of nitrogens with one attached hydrogen (secondary N) is 1. The molecule has 1 atom stereocenters. The summed E-state index contributed by atoms with van der Waals surface area (Å²) in [5, 5.41) is 3.74. The van der Waals surface area contributed by atoms with Crippen molar-refractivity contribution in [1.29, 1.82) is 0 Å². The molecule has 118 valence electrons. The summed E-state index contributed by atoms with van der Waals surface area (Å²) in [7, 11) is 2.29. The lowest BCUT2D eigenvalue weighted by Gasteiger charge is -2.35. The van der Waals surface area contributed by atoms with Crippen molar-refractivity contribution in [2.24, 2.45) is 0 Å². The molecule has 1 aromatic rings. The molecule has 1 saturated carbocycles. The number of rotatable bonds is 8. The Balaban J connectivity index is 1.98. The van der Waals surface area contributed by atoms with E-state index in [1.807, 2.05) is 0 Å². The van der Waals surface area contributed by atoms with E-state index < -0.39 is 0 Å². The van der Waals surface area contributed by atoms with Gasteiger partial charge in [-0.25, -0.2) is 0 Å². The zero-order chi connectivity index (χ0) is 15.2. The standard InChI is InChI=1S/C19H32N2/c1-5-10-20-19(9-11-21(4)18-7-6-8-18)17-13-15(2)12-16(3)14-17/h12-14,18-20H,5-11H2,1-4H3. The molecule has 0 radical (unpaired) electrons. The van der Waals surface area contributed by atoms with Crippen molar-refractivity contribution < 1.29 is 0 Å². The molecule has 1 aliphatic rings. The van der Waals surface area contributed by atoms with Crippen LogP contribution in [0.1, 0.15) is 61.8 Å². The van der Waals surface area contributed by atoms with Gasteiger partial charge in [0.2, 0.25) is 0 Å². The largest absolute Gasteiger partial charge is 0.310 e. The Morgan fingerprint density at radius 2 is 1.86 bits per heavy atom. The maximum absolute atomic E-state index is 3.74. The predicted molar refractivity (Wildman–Crippen MR) is 91.8 cm³/mol. The van der Waals surface area contributed by atoms with E-state index in [1.165, 1.54) is 55.3 Å². The van der Waals surface area contributed by atoms with Crippen molar-refractivity contribution in [1.82, 2.24) is 10.2 Å². The molecule has 2 heteroatoms. The second kappa shape index (κ2) is 7.95. The quantitative estimate of drug-likeness (QED) is 0.770. The van der Waals surface area contributed by atoms with Gasteiger partial charge in [-0.1, -0.05) is 42.7 Å². The fourth-order valence-electron chi connectivity index (χ4n) is 3.26. The lowest BCUT2D eigenvalue weighted by molar-refractivity contribution is 0.153. The van der Waals surface area contributed by atoms with Crippen LogP contribution in [0.4, 0.5) is 0 Å². The summed E-state index contributed by atoms with van der Waals surface area (Å²) in [5.74, 6) is 0. The average molecular weight is 288 g/mol. The Hall–Kier alpha value is -0.860. The van der Waals surface area contributed by atoms with Gasteiger partial charge >= 0.3 is 0 Å². The molecule has 0 aliphatic heterocycles. The molecule has 0 amide bonds. The Kier molecular flexibility index (Phi) is 6.25. The van der Waals surface area contributed by atoms with E-state index in [2.05, 4.69) is 56.2 Å². The van der Waals surface area contributed by atoms with Crippen LogP contribution in [0.3, 0.4) is 0 Å². The van der Waals surface area contributed by atoms with E-state index in [9.17, 15) is 0 Å². The SMILES string of the molecule is CCCNC(CCN(C)C1CCC1)c1cc(C)cc(C)c1. The molecule has 1 fully saturated rings. The van der Waals surface area contributed by atoms with Crippen LogP contribution in [0, 0.1) is 13.8 Å². The summed E-state index contributed by atoms with van der Waals surface area (Å²) in [4.78, 5) is 2.56. The van der Waals surface area contributed by atoms with Gasteiger partial charge in [0.25, 0.3) is 0 Å². The molecule has 1 aliphatic carbocycles. The fraction of sp³-hybridized carbons (Fsp3) is 0.684. The number of nitrogens with zero attached hydrogens (tertiary/aromatic N) is 1. The van der Waals surface area contributed by atoms with Crippen molar-refractivity contribution >= 4 is 0 Å². The van der Waals surface area contributed by atoms with Gasteiger partial charge in [-0.15, -0.1) is 0 Å². The van der Waals surface area contributed by atoms with Crippen LogP contribution in [-0.4, -0.2) is 31.1 Å². The molecule has 1 unspecified atom stereocenters. The molecule has 0 aromatic heterocycles. The Morgan fingerprint density at radius 3 is 2.38 bits per heavy atom. The van der Waals surface area contributed by atoms with E-state index in [0.717, 1.165) is 12.6 Å². The van der Waals surface area contributed by atoms with Crippen molar-refractivity contribution in [3.8, 4) is 0 Å². The summed E-state index contributed by atoms with van der Waals surface area (Å²) in [6, 6.07) is 8.30. The molecule has 1 N–H and O–H groups in total. The van der Waals surface area contributed by atoms with Crippen LogP contribution in [0.15, 0.2) is 18.2 Å². The minimum absolute atomic E-state index is 0.492. The summed E-state index contributed by atoms with van der Waals surface area (Å²) in [6.45, 7) is 8.94. The maximum atomic E-state index is 3.74. The first kappa shape index (κ1) is 16.5. The van der Waals surface area contributed by atoms with E-state index >= 15 is 0 Å². The molecule has 0 heterocycles. The van der Waals surface area contributed by atoms with Crippen LogP contribution in [0.2, 0.25) is 0 Å². The van der Waals surface area contributed by atoms with Crippen molar-refractivity contribution in [2.75, 3.05) is 20.1 Å². The molecule has 0 bridgehead atoms. The third kappa shape index (κ3) is 4.82. The Labute approximate surface area is 130 Å². The third-order valence-electron chi connectivity index (χ3n) is 4.76. The van der Waals surface area contributed by atoms with Gasteiger partial charge in [0.05, 0.1) is 0 Å². The summed E-state index contributed by atoms with van der Waals surface area (Å²) < 4.78 is 0. The van der Waals surface area contributed by atoms with Crippen molar-refractivity contribution in [3.63, 3.8) is 0 Å². The Bertz CT molecular complexity index is 417. The first-order valence-electron chi connectivity index (χ1n) is 8.62. The monoisotopic (exact) mass is 288 g/mol. The van der Waals surface area contributed by atoms with Gasteiger partial charge in [-0.3, -0.25) is 0 Å². The lowest BCUT2D eigenvalue weighted by Crippen LogP contribution is -2.39. The smallest absolute Gasteiger partial charge is 0.0332 e. The number of hydrogen-bond acceptors (Lipinski definition) is 2. The van der Waals surface area contributed by atoms with Gasteiger partial charge in [0.1, 0.15) is 0 Å². The van der Waals surface area contributed by atoms with Crippen LogP contribution >= 0.6 is 0 Å². The highest BCUT2D eigenvalue weighted by Gasteiger charge is 2.22. The molecule has 1 aromatic carbocycles. The lowest BCUT2D eigenvalue weighted by atomic mass is 9.91. The maximum Gasteiger partial charge on any atom is 0.0332 e. The molecule has 0 saturated heterocycles. The summed E-state index contributed by atoms with van der Waals surface area (Å²) in [5.41, 5.74) is 4.21. The van der Waals surface area contributed by atoms with Crippen molar-refractivity contribution in [2.45, 2.75) is 65.0 Å². The summed E-state index contributed by atoms with van der Waals surface area (Å²) >= 11 is 0. The first-order chi connectivity index (χ1) is 10.1. The highest BCUT2D eigenvalue weighted by atomic mass is 15.1. The number of hydrogen-bond donors (Lipinski definition) is 1. The highest BCUT2D eigenvalue weighted by molar-refractivity contribution is 5.30. The molecule has 2 rings (SSSR count). The van der Waals surface area contributed by atoms with Crippen molar-refractivity contribution in [3.05, 3.63) is 34.9 Å². The van der Waals surface area contributed by atoms with E-state index in [0.29, 0.717) is 6.04 Å². The number of aryl methyl sites for hydroxylation is 2. The average Bonchev–Trinajstić information content (AvgIpc) is 2.35. The van der Waals surface area contributed by atoms with Gasteiger partial charge < -0.3 is 10.2 Å². The van der Waals surface area contributed by atoms with Crippen LogP contribution in [-0.2, 0) is 0 Å². The van der Waals surface area contributed by atoms with Gasteiger partial charge in [0, 0.05) is 12.1 Å². The zero-order valence-electron chi connectivity index (χ0n) is 14.3. The van der Waals surface area contributed by atoms with Crippen LogP contribution < -0.4 is 5.32 Å². The van der Waals surface area contributed by atoms with Gasteiger partial charge in [-0.05, 0) is 65.2 Å². The second-order valence-electron chi connectivity index (χ2n) is 6.78. The number of benzene rings is 1. The van der Waals surface area contributed by atoms with E-state index in [4.69, 9.17) is 0 Å². The fourth-order valence-corrected chi connectivity index (χ4v) is 3.26. The first-order valence-corrected chi connectivity index (χ1v) is 8.62. The van der Waals surface area contributed by atoms with Gasteiger partial charge in [0.15, 0.2) is 0 Å². The second-order valence-corrected chi connectivity index (χ2v) is 6.78. The molecule has 0 spiro atoms. The minimum atomic E-state index is 0.492. The van der Waals surface area contributed by atoms with E-state index in [1.54, 1.807) is 0 Å².